The number of thiophene rings is 1. The molecule has 12 heteroatoms. The van der Waals surface area contributed by atoms with Crippen molar-refractivity contribution in [1.82, 2.24) is 30.0 Å². The Morgan fingerprint density at radius 2 is 1.95 bits per heavy atom. The number of H-pyrrole nitrogens is 1. The highest BCUT2D eigenvalue weighted by atomic mass is 32.1. The molecule has 6 N–H and O–H groups in total. The Morgan fingerprint density at radius 3 is 2.80 bits per heavy atom. The van der Waals surface area contributed by atoms with Crippen LogP contribution in [0.25, 0.3) is 38.0 Å². The number of benzene rings is 2. The molecule has 0 aliphatic rings. The number of carbonyl (C=O) groups is 2. The van der Waals surface area contributed by atoms with Crippen LogP contribution in [0, 0.1) is 0 Å². The van der Waals surface area contributed by atoms with Crippen LogP contribution in [-0.4, -0.2) is 48.9 Å². The standard InChI is InChI=1S/C32H27N7O3S2/c33-32-37-25-8-7-18(12-26(25)44-32)14-35-30(41)23-5-3-10-39-28(27(38-29(23)39)19-9-11-43-17-19)31(42)36-21(16-40)13-20-15-34-24-6-2-1-4-22(20)24/h1-12,15,17,21,34,40H,13-14,16H2,(H2,33,37)(H,35,41)(H,36,42)/t21-/m0/s1. The highest BCUT2D eigenvalue weighted by molar-refractivity contribution is 7.22. The first kappa shape index (κ1) is 27.8. The highest BCUT2D eigenvalue weighted by Gasteiger charge is 2.26. The van der Waals surface area contributed by atoms with Crippen LogP contribution in [0.4, 0.5) is 5.13 Å². The average Bonchev–Trinajstić information content (AvgIpc) is 3.84. The zero-order valence-electron chi connectivity index (χ0n) is 23.3. The fraction of sp³-hybridized carbons (Fsp3) is 0.125. The molecule has 7 rings (SSSR count). The van der Waals surface area contributed by atoms with Crippen LogP contribution in [0.2, 0.25) is 0 Å². The topological polar surface area (TPSA) is 150 Å². The van der Waals surface area contributed by atoms with Gasteiger partial charge in [0, 0.05) is 40.8 Å². The summed E-state index contributed by atoms with van der Waals surface area (Å²) in [5.74, 6) is -0.715. The van der Waals surface area contributed by atoms with Crippen LogP contribution in [0.5, 0.6) is 0 Å². The number of imidazole rings is 1. The molecule has 44 heavy (non-hydrogen) atoms. The molecule has 0 spiro atoms. The van der Waals surface area contributed by atoms with Gasteiger partial charge in [-0.25, -0.2) is 9.97 Å². The Bertz CT molecular complexity index is 2150. The van der Waals surface area contributed by atoms with Gasteiger partial charge in [0.15, 0.2) is 10.8 Å². The summed E-state index contributed by atoms with van der Waals surface area (Å²) in [6.07, 6.45) is 4.06. The summed E-state index contributed by atoms with van der Waals surface area (Å²) in [5.41, 5.74) is 11.8. The number of nitrogens with one attached hydrogen (secondary N) is 3. The number of hydrogen-bond acceptors (Lipinski definition) is 8. The lowest BCUT2D eigenvalue weighted by atomic mass is 10.0. The number of fused-ring (bicyclic) bond motifs is 3. The van der Waals surface area contributed by atoms with Crippen molar-refractivity contribution < 1.29 is 14.7 Å². The second-order valence-electron chi connectivity index (χ2n) is 10.4. The molecular formula is C32H27N7O3S2. The van der Waals surface area contributed by atoms with Crippen LogP contribution in [0.3, 0.4) is 0 Å². The minimum Gasteiger partial charge on any atom is -0.394 e. The summed E-state index contributed by atoms with van der Waals surface area (Å²) < 4.78 is 2.59. The number of nitrogens with zero attached hydrogens (tertiary/aromatic N) is 3. The van der Waals surface area contributed by atoms with Gasteiger partial charge < -0.3 is 26.5 Å². The molecule has 2 aromatic carbocycles. The van der Waals surface area contributed by atoms with E-state index in [0.717, 1.165) is 37.8 Å². The molecule has 0 saturated carbocycles. The minimum atomic E-state index is -0.541. The van der Waals surface area contributed by atoms with Gasteiger partial charge in [-0.2, -0.15) is 11.3 Å². The summed E-state index contributed by atoms with van der Waals surface area (Å²) in [6, 6.07) is 18.4. The Kier molecular flexibility index (Phi) is 7.30. The Hall–Kier alpha value is -5.04. The van der Waals surface area contributed by atoms with Gasteiger partial charge in [-0.15, -0.1) is 0 Å². The highest BCUT2D eigenvalue weighted by Crippen LogP contribution is 2.29. The van der Waals surface area contributed by atoms with Crippen molar-refractivity contribution in [2.45, 2.75) is 19.0 Å². The third kappa shape index (κ3) is 5.19. The van der Waals surface area contributed by atoms with Gasteiger partial charge in [0.25, 0.3) is 11.8 Å². The zero-order chi connectivity index (χ0) is 30.2. The van der Waals surface area contributed by atoms with Crippen molar-refractivity contribution in [3.8, 4) is 11.3 Å². The van der Waals surface area contributed by atoms with E-state index >= 15 is 0 Å². The number of nitrogen functional groups attached to an aromatic ring is 1. The molecule has 0 saturated heterocycles. The third-order valence-corrected chi connectivity index (χ3v) is 9.05. The molecule has 0 bridgehead atoms. The second kappa shape index (κ2) is 11.6. The van der Waals surface area contributed by atoms with Gasteiger partial charge >= 0.3 is 0 Å². The molecule has 2 amide bonds. The molecule has 1 atom stereocenters. The van der Waals surface area contributed by atoms with E-state index in [1.807, 2.05) is 65.5 Å². The maximum Gasteiger partial charge on any atom is 0.270 e. The van der Waals surface area contributed by atoms with Gasteiger partial charge in [-0.05, 0) is 59.3 Å². The lowest BCUT2D eigenvalue weighted by Crippen LogP contribution is -2.39. The molecule has 10 nitrogen and oxygen atoms in total. The van der Waals surface area contributed by atoms with E-state index < -0.39 is 11.9 Å². The molecule has 5 heterocycles. The molecule has 7 aromatic rings. The zero-order valence-corrected chi connectivity index (χ0v) is 24.9. The van der Waals surface area contributed by atoms with Crippen molar-refractivity contribution >= 4 is 66.4 Å². The van der Waals surface area contributed by atoms with Gasteiger partial charge in [0.1, 0.15) is 11.4 Å². The van der Waals surface area contributed by atoms with Crippen molar-refractivity contribution in [3.63, 3.8) is 0 Å². The smallest absolute Gasteiger partial charge is 0.270 e. The van der Waals surface area contributed by atoms with Crippen LogP contribution >= 0.6 is 22.7 Å². The quantitative estimate of drug-likeness (QED) is 0.153. The Labute approximate surface area is 259 Å². The lowest BCUT2D eigenvalue weighted by molar-refractivity contribution is 0.0909. The molecule has 220 valence electrons. The SMILES string of the molecule is Nc1nc2ccc(CNC(=O)c3cccn4c(C(=O)N[C@H](CO)Cc5c[nH]c6ccccc56)c(-c5ccsc5)nc34)cc2s1. The first-order valence-corrected chi connectivity index (χ1v) is 15.7. The number of nitrogens with two attached hydrogens (primary N) is 1. The number of pyridine rings is 1. The number of aromatic amines is 1. The molecule has 0 aliphatic heterocycles. The molecule has 0 unspecified atom stereocenters. The van der Waals surface area contributed by atoms with Crippen LogP contribution < -0.4 is 16.4 Å². The van der Waals surface area contributed by atoms with Gasteiger partial charge in [-0.1, -0.05) is 35.6 Å². The number of amides is 2. The number of hydrogen-bond donors (Lipinski definition) is 5. The second-order valence-corrected chi connectivity index (χ2v) is 12.2. The van der Waals surface area contributed by atoms with E-state index in [4.69, 9.17) is 10.7 Å². The largest absolute Gasteiger partial charge is 0.394 e. The van der Waals surface area contributed by atoms with Crippen molar-refractivity contribution in [1.29, 1.82) is 0 Å². The number of rotatable bonds is 9. The van der Waals surface area contributed by atoms with Crippen LogP contribution in [0.1, 0.15) is 32.0 Å². The van der Waals surface area contributed by atoms with Crippen molar-refractivity contribution in [2.24, 2.45) is 0 Å². The van der Waals surface area contributed by atoms with Crippen LogP contribution in [0.15, 0.2) is 83.8 Å². The number of para-hydroxylation sites is 1. The van der Waals surface area contributed by atoms with Gasteiger partial charge in [-0.3, -0.25) is 14.0 Å². The maximum atomic E-state index is 13.9. The van der Waals surface area contributed by atoms with E-state index in [-0.39, 0.29) is 12.5 Å². The summed E-state index contributed by atoms with van der Waals surface area (Å²) >= 11 is 2.89. The average molecular weight is 622 g/mol. The normalized spacial score (nSPS) is 12.2. The number of aliphatic hydroxyl groups excluding tert-OH is 1. The summed E-state index contributed by atoms with van der Waals surface area (Å²) in [5, 5.41) is 21.6. The van der Waals surface area contributed by atoms with Gasteiger partial charge in [0.2, 0.25) is 0 Å². The predicted molar refractivity (Wildman–Crippen MR) is 174 cm³/mol. The summed E-state index contributed by atoms with van der Waals surface area (Å²) in [4.78, 5) is 39.7. The number of aliphatic hydroxyl groups is 1. The fourth-order valence-corrected chi connectivity index (χ4v) is 6.86. The third-order valence-electron chi connectivity index (χ3n) is 7.52. The van der Waals surface area contributed by atoms with E-state index in [0.29, 0.717) is 40.7 Å². The van der Waals surface area contributed by atoms with Crippen molar-refractivity contribution in [3.05, 3.63) is 106 Å². The monoisotopic (exact) mass is 621 g/mol. The molecule has 0 fully saturated rings. The molecular weight excluding hydrogens is 595 g/mol. The number of aromatic nitrogens is 4. The number of anilines is 1. The number of thiazole rings is 1. The predicted octanol–water partition coefficient (Wildman–Crippen LogP) is 5.00. The fourth-order valence-electron chi connectivity index (χ4n) is 5.42. The lowest BCUT2D eigenvalue weighted by Gasteiger charge is -2.16. The summed E-state index contributed by atoms with van der Waals surface area (Å²) in [6.45, 7) is 0.0500. The van der Waals surface area contributed by atoms with Gasteiger partial charge in [0.05, 0.1) is 28.4 Å². The maximum absolute atomic E-state index is 13.9. The molecule has 5 aromatic heterocycles. The van der Waals surface area contributed by atoms with Crippen LogP contribution in [-0.2, 0) is 13.0 Å². The Morgan fingerprint density at radius 1 is 1.07 bits per heavy atom. The number of carbonyl (C=O) groups excluding carboxylic acids is 2. The summed E-state index contributed by atoms with van der Waals surface area (Å²) in [7, 11) is 0. The molecule has 0 aliphatic carbocycles. The van der Waals surface area contributed by atoms with Crippen molar-refractivity contribution in [2.75, 3.05) is 12.3 Å². The van der Waals surface area contributed by atoms with E-state index in [1.165, 1.54) is 22.7 Å². The van der Waals surface area contributed by atoms with E-state index in [1.54, 1.807) is 22.7 Å². The molecule has 0 radical (unpaired) electrons. The van der Waals surface area contributed by atoms with E-state index in [2.05, 4.69) is 20.6 Å². The Balaban J connectivity index is 1.18. The first-order valence-electron chi connectivity index (χ1n) is 13.9. The first-order chi connectivity index (χ1) is 21.5. The minimum absolute atomic E-state index is 0.247. The van der Waals surface area contributed by atoms with E-state index in [9.17, 15) is 14.7 Å².